The molecule has 110 valence electrons. The van der Waals surface area contributed by atoms with Crippen LogP contribution < -0.4 is 0 Å². The molecule has 1 rings (SSSR count). The topological polar surface area (TPSA) is 37.4 Å². The van der Waals surface area contributed by atoms with Gasteiger partial charge in [-0.2, -0.15) is 13.2 Å². The predicted molar refractivity (Wildman–Crippen MR) is 68.2 cm³/mol. The number of Topliss-reactive ketones (excluding diaryl/α,β-unsaturated/α-hetero) is 1. The molecule has 1 amide bonds. The molecule has 3 nitrogen and oxygen atoms in total. The van der Waals surface area contributed by atoms with E-state index in [0.717, 1.165) is 24.3 Å². The van der Waals surface area contributed by atoms with Crippen LogP contribution in [-0.4, -0.2) is 30.7 Å². The molecular weight excluding hydrogens is 271 g/mol. The number of carbonyl (C=O) groups is 2. The summed E-state index contributed by atoms with van der Waals surface area (Å²) in [4.78, 5) is 24.9. The van der Waals surface area contributed by atoms with Crippen LogP contribution in [0.5, 0.6) is 0 Å². The fraction of sp³-hybridized carbons (Fsp3) is 0.429. The molecule has 6 heteroatoms. The minimum Gasteiger partial charge on any atom is -0.349 e. The van der Waals surface area contributed by atoms with Gasteiger partial charge in [0.15, 0.2) is 5.78 Å². The van der Waals surface area contributed by atoms with Gasteiger partial charge in [-0.05, 0) is 12.1 Å². The monoisotopic (exact) mass is 287 g/mol. The molecule has 0 bridgehead atoms. The summed E-state index contributed by atoms with van der Waals surface area (Å²) in [6, 6.07) is 4.01. The minimum atomic E-state index is -4.42. The number of amides is 1. The van der Waals surface area contributed by atoms with Crippen molar-refractivity contribution in [2.24, 2.45) is 5.92 Å². The molecule has 1 aromatic carbocycles. The minimum absolute atomic E-state index is 0.0254. The number of ketones is 1. The summed E-state index contributed by atoms with van der Waals surface area (Å²) in [7, 11) is 3.17. The smallest absolute Gasteiger partial charge is 0.349 e. The van der Waals surface area contributed by atoms with Crippen LogP contribution in [0.25, 0.3) is 0 Å². The first-order chi connectivity index (χ1) is 9.12. The van der Waals surface area contributed by atoms with Crippen molar-refractivity contribution in [3.8, 4) is 0 Å². The second-order valence-electron chi connectivity index (χ2n) is 4.84. The number of halogens is 3. The van der Waals surface area contributed by atoms with Gasteiger partial charge in [0.25, 0.3) is 0 Å². The maximum Gasteiger partial charge on any atom is 0.416 e. The first-order valence-electron chi connectivity index (χ1n) is 6.04. The van der Waals surface area contributed by atoms with E-state index in [1.807, 2.05) is 0 Å². The quantitative estimate of drug-likeness (QED) is 0.798. The summed E-state index contributed by atoms with van der Waals surface area (Å²) in [5.74, 6) is -1.04. The zero-order valence-electron chi connectivity index (χ0n) is 11.5. The maximum absolute atomic E-state index is 12.4. The van der Waals surface area contributed by atoms with Gasteiger partial charge >= 0.3 is 6.18 Å². The van der Waals surface area contributed by atoms with Gasteiger partial charge in [0.1, 0.15) is 0 Å². The zero-order valence-corrected chi connectivity index (χ0v) is 11.5. The Hall–Kier alpha value is -1.85. The van der Waals surface area contributed by atoms with E-state index >= 15 is 0 Å². The Morgan fingerprint density at radius 2 is 1.65 bits per heavy atom. The molecule has 1 unspecified atom stereocenters. The normalized spacial score (nSPS) is 12.9. The van der Waals surface area contributed by atoms with Crippen LogP contribution in [0.1, 0.15) is 29.3 Å². The number of rotatable bonds is 4. The van der Waals surface area contributed by atoms with Gasteiger partial charge in [-0.15, -0.1) is 0 Å². The Balaban J connectivity index is 2.76. The maximum atomic E-state index is 12.4. The average Bonchev–Trinajstić information content (AvgIpc) is 2.36. The molecule has 20 heavy (non-hydrogen) atoms. The lowest BCUT2D eigenvalue weighted by molar-refractivity contribution is -0.137. The summed E-state index contributed by atoms with van der Waals surface area (Å²) in [5, 5.41) is 0. The van der Waals surface area contributed by atoms with Crippen LogP contribution in [0.3, 0.4) is 0 Å². The van der Waals surface area contributed by atoms with Crippen LogP contribution in [0.15, 0.2) is 24.3 Å². The molecule has 0 heterocycles. The summed E-state index contributed by atoms with van der Waals surface area (Å²) in [6.45, 7) is 1.62. The lowest BCUT2D eigenvalue weighted by atomic mass is 9.98. The molecule has 0 radical (unpaired) electrons. The van der Waals surface area contributed by atoms with Gasteiger partial charge in [0.2, 0.25) is 5.91 Å². The van der Waals surface area contributed by atoms with Gasteiger partial charge in [0.05, 0.1) is 5.56 Å². The summed E-state index contributed by atoms with van der Waals surface area (Å²) >= 11 is 0. The molecule has 0 saturated carbocycles. The molecule has 0 fully saturated rings. The molecular formula is C14H16F3NO2. The number of benzene rings is 1. The van der Waals surface area contributed by atoms with E-state index in [1.54, 1.807) is 21.0 Å². The SMILES string of the molecule is CC(CC(=O)c1ccc(C(F)(F)F)cc1)C(=O)N(C)C. The van der Waals surface area contributed by atoms with Crippen LogP contribution in [0.4, 0.5) is 13.2 Å². The highest BCUT2D eigenvalue weighted by molar-refractivity contribution is 5.98. The highest BCUT2D eigenvalue weighted by atomic mass is 19.4. The second kappa shape index (κ2) is 6.07. The largest absolute Gasteiger partial charge is 0.416 e. The van der Waals surface area contributed by atoms with Gasteiger partial charge in [0, 0.05) is 32.0 Å². The predicted octanol–water partition coefficient (Wildman–Crippen LogP) is 3.00. The average molecular weight is 287 g/mol. The van der Waals surface area contributed by atoms with E-state index in [4.69, 9.17) is 0 Å². The van der Waals surface area contributed by atoms with Crippen LogP contribution in [0, 0.1) is 5.92 Å². The van der Waals surface area contributed by atoms with Crippen molar-refractivity contribution >= 4 is 11.7 Å². The van der Waals surface area contributed by atoms with Gasteiger partial charge in [-0.3, -0.25) is 9.59 Å². The Kier molecular flexibility index (Phi) is 4.92. The summed E-state index contributed by atoms with van der Waals surface area (Å²) in [6.07, 6.45) is -4.45. The standard InChI is InChI=1S/C14H16F3NO2/c1-9(13(20)18(2)3)8-12(19)10-4-6-11(7-5-10)14(15,16)17/h4-7,9H,8H2,1-3H3. The first kappa shape index (κ1) is 16.2. The second-order valence-corrected chi connectivity index (χ2v) is 4.84. The summed E-state index contributed by atoms with van der Waals surface area (Å²) in [5.41, 5.74) is -0.622. The zero-order chi connectivity index (χ0) is 15.5. The third kappa shape index (κ3) is 4.08. The van der Waals surface area contributed by atoms with Crippen molar-refractivity contribution < 1.29 is 22.8 Å². The molecule has 0 aliphatic carbocycles. The van der Waals surface area contributed by atoms with Crippen molar-refractivity contribution in [2.75, 3.05) is 14.1 Å². The third-order valence-electron chi connectivity index (χ3n) is 2.89. The highest BCUT2D eigenvalue weighted by Gasteiger charge is 2.30. The molecule has 0 saturated heterocycles. The Morgan fingerprint density at radius 3 is 2.05 bits per heavy atom. The third-order valence-corrected chi connectivity index (χ3v) is 2.89. The molecule has 0 aliphatic rings. The van der Waals surface area contributed by atoms with Gasteiger partial charge < -0.3 is 4.90 Å². The van der Waals surface area contributed by atoms with E-state index < -0.39 is 17.7 Å². The van der Waals surface area contributed by atoms with Crippen molar-refractivity contribution in [3.63, 3.8) is 0 Å². The van der Waals surface area contributed by atoms with Crippen molar-refractivity contribution in [3.05, 3.63) is 35.4 Å². The van der Waals surface area contributed by atoms with Crippen molar-refractivity contribution in [1.29, 1.82) is 0 Å². The number of nitrogens with zero attached hydrogens (tertiary/aromatic N) is 1. The van der Waals surface area contributed by atoms with E-state index in [9.17, 15) is 22.8 Å². The molecule has 0 aromatic heterocycles. The van der Waals surface area contributed by atoms with Crippen molar-refractivity contribution in [2.45, 2.75) is 19.5 Å². The summed E-state index contributed by atoms with van der Waals surface area (Å²) < 4.78 is 37.2. The molecule has 0 N–H and O–H groups in total. The van der Waals surface area contributed by atoms with E-state index in [0.29, 0.717) is 0 Å². The molecule has 1 atom stereocenters. The highest BCUT2D eigenvalue weighted by Crippen LogP contribution is 2.29. The van der Waals surface area contributed by atoms with E-state index in [1.165, 1.54) is 4.90 Å². The number of hydrogen-bond donors (Lipinski definition) is 0. The van der Waals surface area contributed by atoms with E-state index in [2.05, 4.69) is 0 Å². The van der Waals surface area contributed by atoms with Crippen molar-refractivity contribution in [1.82, 2.24) is 4.90 Å². The fourth-order valence-corrected chi connectivity index (χ4v) is 1.77. The van der Waals surface area contributed by atoms with Crippen LogP contribution >= 0.6 is 0 Å². The Bertz CT molecular complexity index is 492. The Morgan fingerprint density at radius 1 is 1.15 bits per heavy atom. The van der Waals surface area contributed by atoms with Crippen LogP contribution in [0.2, 0.25) is 0 Å². The van der Waals surface area contributed by atoms with Crippen LogP contribution in [-0.2, 0) is 11.0 Å². The number of carbonyl (C=O) groups excluding carboxylic acids is 2. The number of alkyl halides is 3. The first-order valence-corrected chi connectivity index (χ1v) is 6.04. The fourth-order valence-electron chi connectivity index (χ4n) is 1.77. The number of hydrogen-bond acceptors (Lipinski definition) is 2. The molecule has 0 spiro atoms. The van der Waals surface area contributed by atoms with Gasteiger partial charge in [-0.25, -0.2) is 0 Å². The molecule has 0 aliphatic heterocycles. The lowest BCUT2D eigenvalue weighted by Gasteiger charge is -2.16. The lowest BCUT2D eigenvalue weighted by Crippen LogP contribution is -2.29. The Labute approximate surface area is 115 Å². The molecule has 1 aromatic rings. The van der Waals surface area contributed by atoms with Gasteiger partial charge in [-0.1, -0.05) is 19.1 Å². The van der Waals surface area contributed by atoms with E-state index in [-0.39, 0.29) is 23.7 Å².